The summed E-state index contributed by atoms with van der Waals surface area (Å²) in [5.41, 5.74) is 1.05. The summed E-state index contributed by atoms with van der Waals surface area (Å²) in [5.74, 6) is -0.312. The molecule has 0 radical (unpaired) electrons. The van der Waals surface area contributed by atoms with E-state index in [1.807, 2.05) is 0 Å². The monoisotopic (exact) mass is 413 g/mol. The third-order valence-electron chi connectivity index (χ3n) is 3.58. The highest BCUT2D eigenvalue weighted by molar-refractivity contribution is 9.10. The number of nitrogens with one attached hydrogen (secondary N) is 3. The van der Waals surface area contributed by atoms with Crippen LogP contribution in [0.15, 0.2) is 45.5 Å². The van der Waals surface area contributed by atoms with Crippen molar-refractivity contribution in [1.82, 2.24) is 10.6 Å². The highest BCUT2D eigenvalue weighted by Crippen LogP contribution is 2.17. The van der Waals surface area contributed by atoms with Crippen LogP contribution in [0.2, 0.25) is 0 Å². The van der Waals surface area contributed by atoms with E-state index in [0.717, 1.165) is 19.5 Å². The van der Waals surface area contributed by atoms with Crippen LogP contribution in [0.4, 0.5) is 5.69 Å². The molecule has 1 atom stereocenters. The molecule has 1 aliphatic rings. The summed E-state index contributed by atoms with van der Waals surface area (Å²) in [6.07, 6.45) is 0.926. The fraction of sp³-hybridized carbons (Fsp3) is 0.250. The normalized spacial score (nSPS) is 16.3. The van der Waals surface area contributed by atoms with E-state index in [2.05, 4.69) is 31.9 Å². The first-order chi connectivity index (χ1) is 11.1. The minimum atomic E-state index is -0.367. The van der Waals surface area contributed by atoms with Gasteiger partial charge in [0.1, 0.15) is 0 Å². The molecule has 1 unspecified atom stereocenters. The van der Waals surface area contributed by atoms with Crippen LogP contribution in [0.1, 0.15) is 27.3 Å². The van der Waals surface area contributed by atoms with Crippen molar-refractivity contribution in [3.63, 3.8) is 0 Å². The molecule has 2 aromatic rings. The van der Waals surface area contributed by atoms with Crippen LogP contribution in [-0.2, 0) is 0 Å². The Kier molecular flexibility index (Phi) is 6.42. The number of rotatable bonds is 4. The van der Waals surface area contributed by atoms with Crippen LogP contribution in [-0.4, -0.2) is 30.9 Å². The molecular formula is C16H17BrClN3O3. The summed E-state index contributed by atoms with van der Waals surface area (Å²) >= 11 is 3.15. The first kappa shape index (κ1) is 18.5. The lowest BCUT2D eigenvalue weighted by Gasteiger charge is -2.12. The maximum Gasteiger partial charge on any atom is 0.291 e. The van der Waals surface area contributed by atoms with Crippen molar-refractivity contribution in [1.29, 1.82) is 0 Å². The number of carbonyl (C=O) groups excluding carboxylic acids is 2. The van der Waals surface area contributed by atoms with E-state index in [9.17, 15) is 9.59 Å². The second kappa shape index (κ2) is 8.32. The van der Waals surface area contributed by atoms with Gasteiger partial charge in [-0.3, -0.25) is 9.59 Å². The molecule has 128 valence electrons. The Hall–Kier alpha value is -1.83. The lowest BCUT2D eigenvalue weighted by atomic mass is 10.1. The summed E-state index contributed by atoms with van der Waals surface area (Å²) in [5, 5.41) is 8.89. The minimum absolute atomic E-state index is 0. The standard InChI is InChI=1S/C16H16BrN3O3.ClH/c17-14-5-4-13(23-14)16(22)19-11-3-1-2-10(8-11)15(21)20-12-6-7-18-9-12;/h1-5,8,12,18H,6-7,9H2,(H,19,22)(H,20,21);1H. The Morgan fingerprint density at radius 3 is 2.71 bits per heavy atom. The Bertz CT molecular complexity index is 729. The molecule has 1 aromatic heterocycles. The molecule has 2 heterocycles. The number of amides is 2. The molecule has 3 rings (SSSR count). The average Bonchev–Trinajstić information content (AvgIpc) is 3.19. The third kappa shape index (κ3) is 4.59. The summed E-state index contributed by atoms with van der Waals surface area (Å²) in [6, 6.07) is 10.2. The number of furan rings is 1. The molecule has 1 aromatic carbocycles. The summed E-state index contributed by atoms with van der Waals surface area (Å²) in [7, 11) is 0. The third-order valence-corrected chi connectivity index (χ3v) is 4.00. The van der Waals surface area contributed by atoms with Crippen molar-refractivity contribution < 1.29 is 14.0 Å². The topological polar surface area (TPSA) is 83.4 Å². The summed E-state index contributed by atoms with van der Waals surface area (Å²) in [6.45, 7) is 1.70. The van der Waals surface area contributed by atoms with Crippen molar-refractivity contribution in [2.45, 2.75) is 12.5 Å². The van der Waals surface area contributed by atoms with Gasteiger partial charge in [-0.25, -0.2) is 0 Å². The molecule has 0 spiro atoms. The Labute approximate surface area is 153 Å². The first-order valence-corrected chi connectivity index (χ1v) is 8.09. The van der Waals surface area contributed by atoms with E-state index in [-0.39, 0.29) is 36.0 Å². The number of hydrogen-bond acceptors (Lipinski definition) is 4. The van der Waals surface area contributed by atoms with Crippen molar-refractivity contribution in [3.05, 3.63) is 52.4 Å². The van der Waals surface area contributed by atoms with Gasteiger partial charge in [0, 0.05) is 23.8 Å². The molecule has 1 saturated heterocycles. The molecule has 3 N–H and O–H groups in total. The van der Waals surface area contributed by atoms with Crippen molar-refractivity contribution in [3.8, 4) is 0 Å². The van der Waals surface area contributed by atoms with E-state index in [4.69, 9.17) is 4.42 Å². The first-order valence-electron chi connectivity index (χ1n) is 7.30. The Balaban J connectivity index is 0.00000208. The van der Waals surface area contributed by atoms with Crippen molar-refractivity contribution in [2.75, 3.05) is 18.4 Å². The van der Waals surface area contributed by atoms with E-state index >= 15 is 0 Å². The number of hydrogen-bond donors (Lipinski definition) is 3. The molecule has 24 heavy (non-hydrogen) atoms. The van der Waals surface area contributed by atoms with E-state index in [0.29, 0.717) is 15.9 Å². The molecule has 2 amide bonds. The molecule has 1 aliphatic heterocycles. The zero-order valence-corrected chi connectivity index (χ0v) is 15.1. The van der Waals surface area contributed by atoms with Crippen LogP contribution in [0.5, 0.6) is 0 Å². The van der Waals surface area contributed by atoms with Gasteiger partial charge in [-0.2, -0.15) is 0 Å². The molecular weight excluding hydrogens is 398 g/mol. The number of carbonyl (C=O) groups is 2. The van der Waals surface area contributed by atoms with Gasteiger partial charge >= 0.3 is 0 Å². The quantitative estimate of drug-likeness (QED) is 0.718. The van der Waals surface area contributed by atoms with Gasteiger partial charge in [-0.05, 0) is 59.2 Å². The lowest BCUT2D eigenvalue weighted by molar-refractivity contribution is 0.0938. The van der Waals surface area contributed by atoms with E-state index < -0.39 is 0 Å². The molecule has 0 aliphatic carbocycles. The maximum atomic E-state index is 12.2. The maximum absolute atomic E-state index is 12.2. The number of benzene rings is 1. The highest BCUT2D eigenvalue weighted by atomic mass is 79.9. The average molecular weight is 415 g/mol. The van der Waals surface area contributed by atoms with Crippen molar-refractivity contribution in [2.24, 2.45) is 0 Å². The highest BCUT2D eigenvalue weighted by Gasteiger charge is 2.18. The number of halogens is 2. The predicted molar refractivity (Wildman–Crippen MR) is 96.8 cm³/mol. The molecule has 0 bridgehead atoms. The molecule has 0 saturated carbocycles. The van der Waals surface area contributed by atoms with Crippen LogP contribution in [0.3, 0.4) is 0 Å². The molecule has 6 nitrogen and oxygen atoms in total. The summed E-state index contributed by atoms with van der Waals surface area (Å²) < 4.78 is 5.69. The number of anilines is 1. The zero-order chi connectivity index (χ0) is 16.2. The van der Waals surface area contributed by atoms with Crippen LogP contribution < -0.4 is 16.0 Å². The van der Waals surface area contributed by atoms with Gasteiger partial charge in [0.25, 0.3) is 11.8 Å². The van der Waals surface area contributed by atoms with Crippen molar-refractivity contribution >= 4 is 45.8 Å². The van der Waals surface area contributed by atoms with E-state index in [1.54, 1.807) is 36.4 Å². The smallest absolute Gasteiger partial charge is 0.291 e. The van der Waals surface area contributed by atoms with Gasteiger partial charge in [0.05, 0.1) is 0 Å². The van der Waals surface area contributed by atoms with Crippen LogP contribution in [0.25, 0.3) is 0 Å². The van der Waals surface area contributed by atoms with Crippen LogP contribution in [0, 0.1) is 0 Å². The fourth-order valence-corrected chi connectivity index (χ4v) is 2.72. The fourth-order valence-electron chi connectivity index (χ4n) is 2.41. The Morgan fingerprint density at radius 2 is 2.04 bits per heavy atom. The zero-order valence-electron chi connectivity index (χ0n) is 12.7. The molecule has 8 heteroatoms. The van der Waals surface area contributed by atoms with Crippen LogP contribution >= 0.6 is 28.3 Å². The van der Waals surface area contributed by atoms with Gasteiger partial charge in [-0.1, -0.05) is 6.07 Å². The van der Waals surface area contributed by atoms with Gasteiger partial charge in [0.15, 0.2) is 10.4 Å². The van der Waals surface area contributed by atoms with E-state index in [1.165, 1.54) is 0 Å². The van der Waals surface area contributed by atoms with Gasteiger partial charge in [-0.15, -0.1) is 12.4 Å². The second-order valence-electron chi connectivity index (χ2n) is 5.30. The second-order valence-corrected chi connectivity index (χ2v) is 6.08. The largest absolute Gasteiger partial charge is 0.444 e. The lowest BCUT2D eigenvalue weighted by Crippen LogP contribution is -2.36. The molecule has 1 fully saturated rings. The van der Waals surface area contributed by atoms with Gasteiger partial charge in [0.2, 0.25) is 0 Å². The summed E-state index contributed by atoms with van der Waals surface area (Å²) in [4.78, 5) is 24.3. The SMILES string of the molecule is Cl.O=C(NC1CCNC1)c1cccc(NC(=O)c2ccc(Br)o2)c1. The Morgan fingerprint density at radius 1 is 1.21 bits per heavy atom. The van der Waals surface area contributed by atoms with Gasteiger partial charge < -0.3 is 20.4 Å². The minimum Gasteiger partial charge on any atom is -0.444 e. The predicted octanol–water partition coefficient (Wildman–Crippen LogP) is 2.81.